The number of benzene rings is 2. The molecule has 24 heavy (non-hydrogen) atoms. The lowest BCUT2D eigenvalue weighted by atomic mass is 9.73. The topological polar surface area (TPSA) is 51.2 Å². The molecule has 0 aromatic heterocycles. The van der Waals surface area contributed by atoms with Gasteiger partial charge < -0.3 is 0 Å². The van der Waals surface area contributed by atoms with Crippen molar-refractivity contribution in [2.45, 2.75) is 17.7 Å². The molecule has 4 heteroatoms. The van der Waals surface area contributed by atoms with Crippen LogP contribution >= 0.6 is 11.8 Å². The second-order valence-corrected chi connectivity index (χ2v) is 7.00. The maximum absolute atomic E-state index is 13.0. The number of fused-ring (bicyclic) bond motifs is 1. The fraction of sp³-hybridized carbons (Fsp3) is 0.150. The molecule has 2 aliphatic carbocycles. The third kappa shape index (κ3) is 2.34. The van der Waals surface area contributed by atoms with Crippen molar-refractivity contribution in [2.24, 2.45) is 5.92 Å². The molecule has 0 spiro atoms. The van der Waals surface area contributed by atoms with Gasteiger partial charge in [-0.15, -0.1) is 0 Å². The van der Waals surface area contributed by atoms with E-state index < -0.39 is 5.92 Å². The lowest BCUT2D eigenvalue weighted by molar-refractivity contribution is -0.127. The van der Waals surface area contributed by atoms with Crippen LogP contribution in [0.1, 0.15) is 33.6 Å². The number of Topliss-reactive ketones (excluding diaryl/α,β-unsaturated/α-hetero) is 3. The molecule has 0 N–H and O–H groups in total. The van der Waals surface area contributed by atoms with Gasteiger partial charge in [0.1, 0.15) is 5.78 Å². The van der Waals surface area contributed by atoms with Gasteiger partial charge >= 0.3 is 0 Å². The normalized spacial score (nSPS) is 20.0. The molecular weight excluding hydrogens is 320 g/mol. The number of hydrogen-bond donors (Lipinski definition) is 0. The zero-order valence-electron chi connectivity index (χ0n) is 12.8. The number of rotatable bonds is 3. The predicted molar refractivity (Wildman–Crippen MR) is 92.2 cm³/mol. The Hall–Kier alpha value is -2.46. The Bertz CT molecular complexity index is 896. The van der Waals surface area contributed by atoms with Crippen LogP contribution in [-0.2, 0) is 4.79 Å². The lowest BCUT2D eigenvalue weighted by Crippen LogP contribution is -2.34. The number of carbonyl (C=O) groups excluding carboxylic acids is 3. The van der Waals surface area contributed by atoms with E-state index in [9.17, 15) is 14.4 Å². The summed E-state index contributed by atoms with van der Waals surface area (Å²) in [5.41, 5.74) is 1.23. The van der Waals surface area contributed by atoms with Crippen molar-refractivity contribution in [1.82, 2.24) is 0 Å². The Morgan fingerprint density at radius 1 is 0.792 bits per heavy atom. The van der Waals surface area contributed by atoms with Crippen molar-refractivity contribution < 1.29 is 14.4 Å². The van der Waals surface area contributed by atoms with Gasteiger partial charge in [-0.1, -0.05) is 54.2 Å². The molecule has 0 aliphatic heterocycles. The molecule has 2 aliphatic rings. The number of ketones is 3. The summed E-state index contributed by atoms with van der Waals surface area (Å²) in [7, 11) is 0. The van der Waals surface area contributed by atoms with Crippen molar-refractivity contribution >= 4 is 29.1 Å². The largest absolute Gasteiger partial charge is 0.299 e. The number of allylic oxidation sites excluding steroid dienone is 2. The van der Waals surface area contributed by atoms with Crippen molar-refractivity contribution in [1.29, 1.82) is 0 Å². The summed E-state index contributed by atoms with van der Waals surface area (Å²) in [4.78, 5) is 39.2. The molecule has 1 unspecified atom stereocenters. The van der Waals surface area contributed by atoms with E-state index in [1.54, 1.807) is 24.3 Å². The van der Waals surface area contributed by atoms with Crippen LogP contribution in [0.15, 0.2) is 70.0 Å². The van der Waals surface area contributed by atoms with Gasteiger partial charge in [-0.05, 0) is 18.6 Å². The minimum atomic E-state index is -0.430. The summed E-state index contributed by atoms with van der Waals surface area (Å²) in [6, 6.07) is 16.3. The van der Waals surface area contributed by atoms with Crippen LogP contribution in [-0.4, -0.2) is 17.3 Å². The van der Waals surface area contributed by atoms with Crippen molar-refractivity contribution in [3.63, 3.8) is 0 Å². The highest BCUT2D eigenvalue weighted by Gasteiger charge is 2.42. The number of carbonyl (C=O) groups is 3. The van der Waals surface area contributed by atoms with E-state index in [1.165, 1.54) is 11.8 Å². The van der Waals surface area contributed by atoms with Gasteiger partial charge in [0, 0.05) is 33.9 Å². The van der Waals surface area contributed by atoms with Crippen molar-refractivity contribution in [3.05, 3.63) is 76.2 Å². The van der Waals surface area contributed by atoms with E-state index in [1.807, 2.05) is 30.3 Å². The highest BCUT2D eigenvalue weighted by Crippen LogP contribution is 2.43. The molecule has 0 bridgehead atoms. The van der Waals surface area contributed by atoms with Crippen LogP contribution in [0.2, 0.25) is 0 Å². The van der Waals surface area contributed by atoms with Crippen LogP contribution < -0.4 is 0 Å². The van der Waals surface area contributed by atoms with Crippen LogP contribution in [0, 0.1) is 5.92 Å². The molecule has 1 atom stereocenters. The Morgan fingerprint density at radius 3 is 2.00 bits per heavy atom. The maximum atomic E-state index is 13.0. The van der Waals surface area contributed by atoms with Crippen molar-refractivity contribution in [3.8, 4) is 0 Å². The first-order valence-corrected chi connectivity index (χ1v) is 8.66. The van der Waals surface area contributed by atoms with Gasteiger partial charge in [-0.2, -0.15) is 0 Å². The van der Waals surface area contributed by atoms with Crippen LogP contribution in [0.3, 0.4) is 0 Å². The Kier molecular flexibility index (Phi) is 3.69. The van der Waals surface area contributed by atoms with Gasteiger partial charge in [0.05, 0.1) is 4.91 Å². The minimum Gasteiger partial charge on any atom is -0.299 e. The standard InChI is InChI=1S/C20H14O3S/c21-16-11-10-15(16)17-18(22)13-8-4-5-9-14(13)19(23)20(17)24-12-6-2-1-3-7-12/h1-9,15H,10-11H2. The van der Waals surface area contributed by atoms with Crippen molar-refractivity contribution in [2.75, 3.05) is 0 Å². The van der Waals surface area contributed by atoms with Gasteiger partial charge in [-0.3, -0.25) is 14.4 Å². The second kappa shape index (κ2) is 5.87. The minimum absolute atomic E-state index is 0.0525. The molecule has 118 valence electrons. The lowest BCUT2D eigenvalue weighted by Gasteiger charge is -2.30. The first-order chi connectivity index (χ1) is 11.7. The Morgan fingerprint density at radius 2 is 1.42 bits per heavy atom. The smallest absolute Gasteiger partial charge is 0.200 e. The molecule has 0 amide bonds. The summed E-state index contributed by atoms with van der Waals surface area (Å²) in [6.07, 6.45) is 1.13. The van der Waals surface area contributed by atoms with E-state index in [4.69, 9.17) is 0 Å². The van der Waals surface area contributed by atoms with Gasteiger partial charge in [-0.25, -0.2) is 0 Å². The van der Waals surface area contributed by atoms with E-state index in [-0.39, 0.29) is 17.3 Å². The van der Waals surface area contributed by atoms with Gasteiger partial charge in [0.25, 0.3) is 0 Å². The zero-order valence-corrected chi connectivity index (χ0v) is 13.6. The molecule has 2 aromatic carbocycles. The predicted octanol–water partition coefficient (Wildman–Crippen LogP) is 4.09. The zero-order chi connectivity index (χ0) is 16.7. The first kappa shape index (κ1) is 15.1. The fourth-order valence-electron chi connectivity index (χ4n) is 3.11. The SMILES string of the molecule is O=C1C(Sc2ccccc2)=C(C2CCC2=O)C(=O)c2ccccc21. The number of thioether (sulfide) groups is 1. The average molecular weight is 334 g/mol. The van der Waals surface area contributed by atoms with E-state index in [2.05, 4.69) is 0 Å². The summed E-state index contributed by atoms with van der Waals surface area (Å²) in [6.45, 7) is 0. The molecule has 0 heterocycles. The summed E-state index contributed by atoms with van der Waals surface area (Å²) >= 11 is 1.28. The number of hydrogen-bond acceptors (Lipinski definition) is 4. The van der Waals surface area contributed by atoms with Gasteiger partial charge in [0.2, 0.25) is 5.78 Å². The highest BCUT2D eigenvalue weighted by atomic mass is 32.2. The molecule has 1 fully saturated rings. The molecule has 3 nitrogen and oxygen atoms in total. The molecule has 1 saturated carbocycles. The molecule has 2 aromatic rings. The van der Waals surface area contributed by atoms with Crippen LogP contribution in [0.5, 0.6) is 0 Å². The summed E-state index contributed by atoms with van der Waals surface area (Å²) in [5, 5.41) is 0. The van der Waals surface area contributed by atoms with Crippen LogP contribution in [0.25, 0.3) is 0 Å². The molecule has 4 rings (SSSR count). The fourth-order valence-corrected chi connectivity index (χ4v) is 4.18. The van der Waals surface area contributed by atoms with E-state index in [0.717, 1.165) is 4.90 Å². The Labute approximate surface area is 143 Å². The Balaban J connectivity index is 1.86. The molecule has 0 saturated heterocycles. The maximum Gasteiger partial charge on any atom is 0.200 e. The molecule has 0 radical (unpaired) electrons. The first-order valence-electron chi connectivity index (χ1n) is 7.85. The second-order valence-electron chi connectivity index (χ2n) is 5.92. The summed E-state index contributed by atoms with van der Waals surface area (Å²) < 4.78 is 0. The monoisotopic (exact) mass is 334 g/mol. The quantitative estimate of drug-likeness (QED) is 0.848. The highest BCUT2D eigenvalue weighted by molar-refractivity contribution is 8.04. The average Bonchev–Trinajstić information content (AvgIpc) is 2.62. The van der Waals surface area contributed by atoms with E-state index >= 15 is 0 Å². The van der Waals surface area contributed by atoms with Gasteiger partial charge in [0.15, 0.2) is 5.78 Å². The third-order valence-electron chi connectivity index (χ3n) is 4.49. The molecular formula is C20H14O3S. The van der Waals surface area contributed by atoms with E-state index in [0.29, 0.717) is 34.4 Å². The van der Waals surface area contributed by atoms with Crippen LogP contribution in [0.4, 0.5) is 0 Å². The third-order valence-corrected chi connectivity index (χ3v) is 5.61. The summed E-state index contributed by atoms with van der Waals surface area (Å²) in [5.74, 6) is -0.715.